The lowest BCUT2D eigenvalue weighted by Crippen LogP contribution is -2.32. The molecular weight excluding hydrogens is 278 g/mol. The number of carbonyl (C=O) groups is 1. The highest BCUT2D eigenvalue weighted by Crippen LogP contribution is 2.13. The van der Waals surface area contributed by atoms with Crippen molar-refractivity contribution in [3.63, 3.8) is 0 Å². The van der Waals surface area contributed by atoms with Gasteiger partial charge in [0.05, 0.1) is 0 Å². The zero-order chi connectivity index (χ0) is 15.8. The van der Waals surface area contributed by atoms with Gasteiger partial charge < -0.3 is 15.6 Å². The van der Waals surface area contributed by atoms with Gasteiger partial charge in [0.2, 0.25) is 0 Å². The molecule has 0 bridgehead atoms. The van der Waals surface area contributed by atoms with E-state index in [4.69, 9.17) is 15.6 Å². The molecule has 3 N–H and O–H groups in total. The summed E-state index contributed by atoms with van der Waals surface area (Å²) in [7, 11) is 0. The standard InChI is InChI=1S/C18H19NO3/c19-17(18(20)21)13-15-8-10-16(11-9-15)22-12-4-7-14-5-2-1-3-6-14/h1-11,17H,12-13,19H2,(H,20,21)/b7-4+/t17-/m0/s1. The minimum atomic E-state index is -0.994. The van der Waals surface area contributed by atoms with Gasteiger partial charge in [-0.15, -0.1) is 0 Å². The largest absolute Gasteiger partial charge is 0.490 e. The van der Waals surface area contributed by atoms with Crippen molar-refractivity contribution in [3.8, 4) is 5.75 Å². The molecule has 0 aliphatic heterocycles. The number of aliphatic carboxylic acids is 1. The lowest BCUT2D eigenvalue weighted by Gasteiger charge is -2.08. The maximum atomic E-state index is 10.7. The molecule has 4 nitrogen and oxygen atoms in total. The van der Waals surface area contributed by atoms with Crippen LogP contribution in [0, 0.1) is 0 Å². The molecule has 2 aromatic rings. The summed E-state index contributed by atoms with van der Waals surface area (Å²) in [5, 5.41) is 8.78. The van der Waals surface area contributed by atoms with E-state index < -0.39 is 12.0 Å². The summed E-state index contributed by atoms with van der Waals surface area (Å²) < 4.78 is 5.60. The Hall–Kier alpha value is -2.59. The first-order valence-corrected chi connectivity index (χ1v) is 7.07. The minimum Gasteiger partial charge on any atom is -0.490 e. The van der Waals surface area contributed by atoms with E-state index in [0.717, 1.165) is 16.9 Å². The first-order valence-electron chi connectivity index (χ1n) is 7.07. The zero-order valence-electron chi connectivity index (χ0n) is 12.2. The Balaban J connectivity index is 1.81. The van der Waals surface area contributed by atoms with Gasteiger partial charge in [0.15, 0.2) is 0 Å². The van der Waals surface area contributed by atoms with Gasteiger partial charge >= 0.3 is 5.97 Å². The smallest absolute Gasteiger partial charge is 0.320 e. The molecule has 0 unspecified atom stereocenters. The summed E-state index contributed by atoms with van der Waals surface area (Å²) in [5.41, 5.74) is 7.51. The van der Waals surface area contributed by atoms with Crippen LogP contribution in [-0.2, 0) is 11.2 Å². The number of nitrogens with two attached hydrogens (primary N) is 1. The normalized spacial score (nSPS) is 12.2. The average Bonchev–Trinajstić information content (AvgIpc) is 2.54. The van der Waals surface area contributed by atoms with Gasteiger partial charge in [-0.3, -0.25) is 4.79 Å². The van der Waals surface area contributed by atoms with Crippen LogP contribution in [0.4, 0.5) is 0 Å². The average molecular weight is 297 g/mol. The Morgan fingerprint density at radius 1 is 1.14 bits per heavy atom. The van der Waals surface area contributed by atoms with Gasteiger partial charge in [0, 0.05) is 0 Å². The second-order valence-corrected chi connectivity index (χ2v) is 4.92. The molecule has 114 valence electrons. The van der Waals surface area contributed by atoms with E-state index >= 15 is 0 Å². The maximum Gasteiger partial charge on any atom is 0.320 e. The van der Waals surface area contributed by atoms with Gasteiger partial charge in [-0.2, -0.15) is 0 Å². The number of hydrogen-bond donors (Lipinski definition) is 2. The number of hydrogen-bond acceptors (Lipinski definition) is 3. The number of rotatable bonds is 7. The third kappa shape index (κ3) is 5.07. The zero-order valence-corrected chi connectivity index (χ0v) is 12.2. The van der Waals surface area contributed by atoms with Crippen LogP contribution in [0.5, 0.6) is 5.75 Å². The van der Waals surface area contributed by atoms with Crippen LogP contribution in [0.1, 0.15) is 11.1 Å². The van der Waals surface area contributed by atoms with Crippen LogP contribution in [-0.4, -0.2) is 23.7 Å². The predicted octanol–water partition coefficient (Wildman–Crippen LogP) is 2.73. The van der Waals surface area contributed by atoms with Gasteiger partial charge in [-0.25, -0.2) is 0 Å². The Kier molecular flexibility index (Phi) is 5.74. The number of carboxylic acids is 1. The Labute approximate surface area is 129 Å². The third-order valence-corrected chi connectivity index (χ3v) is 3.15. The second-order valence-electron chi connectivity index (χ2n) is 4.92. The Bertz CT molecular complexity index is 621. The van der Waals surface area contributed by atoms with Crippen molar-refractivity contribution in [2.24, 2.45) is 5.73 Å². The number of ether oxygens (including phenoxy) is 1. The van der Waals surface area contributed by atoms with Crippen LogP contribution in [0.15, 0.2) is 60.7 Å². The molecule has 0 saturated carbocycles. The summed E-state index contributed by atoms with van der Waals surface area (Å²) in [5.74, 6) is -0.253. The van der Waals surface area contributed by atoms with Crippen molar-refractivity contribution in [1.82, 2.24) is 0 Å². The molecule has 0 heterocycles. The van der Waals surface area contributed by atoms with Gasteiger partial charge in [-0.05, 0) is 35.8 Å². The predicted molar refractivity (Wildman–Crippen MR) is 86.7 cm³/mol. The lowest BCUT2D eigenvalue weighted by atomic mass is 10.1. The van der Waals surface area contributed by atoms with Crippen molar-refractivity contribution in [3.05, 3.63) is 71.8 Å². The summed E-state index contributed by atoms with van der Waals surface area (Å²) in [6.45, 7) is 0.475. The fraction of sp³-hybridized carbons (Fsp3) is 0.167. The molecule has 0 aromatic heterocycles. The Morgan fingerprint density at radius 2 is 1.82 bits per heavy atom. The summed E-state index contributed by atoms with van der Waals surface area (Å²) >= 11 is 0. The molecule has 0 radical (unpaired) electrons. The first-order chi connectivity index (χ1) is 10.6. The third-order valence-electron chi connectivity index (χ3n) is 3.15. The van der Waals surface area contributed by atoms with E-state index in [1.807, 2.05) is 66.7 Å². The molecule has 4 heteroatoms. The molecule has 0 amide bonds. The summed E-state index contributed by atoms with van der Waals surface area (Å²) in [6.07, 6.45) is 4.26. The van der Waals surface area contributed by atoms with Crippen LogP contribution in [0.3, 0.4) is 0 Å². The SMILES string of the molecule is N[C@@H](Cc1ccc(OC/C=C/c2ccccc2)cc1)C(=O)O. The molecule has 0 fully saturated rings. The highest BCUT2D eigenvalue weighted by atomic mass is 16.5. The molecule has 0 aliphatic carbocycles. The summed E-state index contributed by atoms with van der Waals surface area (Å²) in [6, 6.07) is 16.4. The van der Waals surface area contributed by atoms with Crippen molar-refractivity contribution in [2.75, 3.05) is 6.61 Å². The lowest BCUT2D eigenvalue weighted by molar-refractivity contribution is -0.138. The van der Waals surface area contributed by atoms with Crippen molar-refractivity contribution >= 4 is 12.0 Å². The van der Waals surface area contributed by atoms with Crippen LogP contribution in [0.25, 0.3) is 6.08 Å². The van der Waals surface area contributed by atoms with Gasteiger partial charge in [0.25, 0.3) is 0 Å². The molecule has 1 atom stereocenters. The fourth-order valence-corrected chi connectivity index (χ4v) is 1.96. The molecular formula is C18H19NO3. The van der Waals surface area contributed by atoms with Crippen LogP contribution < -0.4 is 10.5 Å². The molecule has 0 aliphatic rings. The van der Waals surface area contributed by atoms with E-state index in [1.54, 1.807) is 0 Å². The Morgan fingerprint density at radius 3 is 2.45 bits per heavy atom. The topological polar surface area (TPSA) is 72.5 Å². The van der Waals surface area contributed by atoms with E-state index in [-0.39, 0.29) is 0 Å². The monoisotopic (exact) mass is 297 g/mol. The molecule has 2 aromatic carbocycles. The highest BCUT2D eigenvalue weighted by molar-refractivity contribution is 5.73. The van der Waals surface area contributed by atoms with Crippen molar-refractivity contribution in [1.29, 1.82) is 0 Å². The molecule has 2 rings (SSSR count). The van der Waals surface area contributed by atoms with Gasteiger partial charge in [-0.1, -0.05) is 48.5 Å². The van der Waals surface area contributed by atoms with E-state index in [0.29, 0.717) is 13.0 Å². The van der Waals surface area contributed by atoms with Crippen molar-refractivity contribution in [2.45, 2.75) is 12.5 Å². The van der Waals surface area contributed by atoms with E-state index in [1.165, 1.54) is 0 Å². The van der Waals surface area contributed by atoms with Gasteiger partial charge in [0.1, 0.15) is 18.4 Å². The van der Waals surface area contributed by atoms with Crippen molar-refractivity contribution < 1.29 is 14.6 Å². The minimum absolute atomic E-state index is 0.309. The first kappa shape index (κ1) is 15.8. The second kappa shape index (κ2) is 8.00. The summed E-state index contributed by atoms with van der Waals surface area (Å²) in [4.78, 5) is 10.7. The number of carboxylic acid groups (broad SMARTS) is 1. The van der Waals surface area contributed by atoms with E-state index in [2.05, 4.69) is 0 Å². The number of benzene rings is 2. The van der Waals surface area contributed by atoms with Crippen LogP contribution >= 0.6 is 0 Å². The molecule has 0 saturated heterocycles. The maximum absolute atomic E-state index is 10.7. The molecule has 0 spiro atoms. The fourth-order valence-electron chi connectivity index (χ4n) is 1.96. The quantitative estimate of drug-likeness (QED) is 0.824. The van der Waals surface area contributed by atoms with E-state index in [9.17, 15) is 4.79 Å². The van der Waals surface area contributed by atoms with Crippen LogP contribution in [0.2, 0.25) is 0 Å². The molecule has 22 heavy (non-hydrogen) atoms. The highest BCUT2D eigenvalue weighted by Gasteiger charge is 2.11.